The molecule has 0 aliphatic rings. The first kappa shape index (κ1) is 22.7. The minimum Gasteiger partial charge on any atom is -0.441 e. The summed E-state index contributed by atoms with van der Waals surface area (Å²) in [5, 5.41) is 2.90. The Balaban J connectivity index is 1.73. The highest BCUT2D eigenvalue weighted by atomic mass is 32.2. The fraction of sp³-hybridized carbons (Fsp3) is 0.333. The van der Waals surface area contributed by atoms with Gasteiger partial charge in [0.25, 0.3) is 5.91 Å². The first-order valence-electron chi connectivity index (χ1n) is 10.3. The molecule has 164 valence electrons. The van der Waals surface area contributed by atoms with Gasteiger partial charge >= 0.3 is 0 Å². The number of sulfone groups is 1. The summed E-state index contributed by atoms with van der Waals surface area (Å²) in [4.78, 5) is 16.9. The summed E-state index contributed by atoms with van der Waals surface area (Å²) in [5.74, 6) is 0.960. The predicted octanol–water partition coefficient (Wildman–Crippen LogP) is 4.71. The van der Waals surface area contributed by atoms with Gasteiger partial charge in [0.2, 0.25) is 5.89 Å². The molecule has 0 saturated carbocycles. The van der Waals surface area contributed by atoms with E-state index in [1.807, 2.05) is 6.92 Å². The van der Waals surface area contributed by atoms with Crippen LogP contribution in [-0.2, 0) is 15.6 Å². The second-order valence-corrected chi connectivity index (χ2v) is 10.1. The van der Waals surface area contributed by atoms with Crippen molar-refractivity contribution in [1.82, 2.24) is 10.3 Å². The maximum atomic E-state index is 12.7. The lowest BCUT2D eigenvalue weighted by molar-refractivity contribution is 0.0952. The SMILES string of the molecule is Cc1ccc(S(=O)(=O)Cc2nc(-c3ccc(C(=O)NCCC(C)C)cc3)oc2C)cc1. The maximum Gasteiger partial charge on any atom is 0.251 e. The maximum absolute atomic E-state index is 12.7. The lowest BCUT2D eigenvalue weighted by Gasteiger charge is -2.07. The summed E-state index contributed by atoms with van der Waals surface area (Å²) in [7, 11) is -3.53. The number of rotatable bonds is 8. The molecule has 1 amide bonds. The first-order chi connectivity index (χ1) is 14.7. The second-order valence-electron chi connectivity index (χ2n) is 8.11. The Morgan fingerprint density at radius 1 is 1.03 bits per heavy atom. The van der Waals surface area contributed by atoms with E-state index in [-0.39, 0.29) is 16.6 Å². The van der Waals surface area contributed by atoms with E-state index >= 15 is 0 Å². The van der Waals surface area contributed by atoms with Crippen molar-refractivity contribution in [2.45, 2.75) is 44.8 Å². The molecule has 0 unspecified atom stereocenters. The van der Waals surface area contributed by atoms with E-state index in [4.69, 9.17) is 4.42 Å². The molecule has 6 nitrogen and oxygen atoms in total. The Bertz CT molecular complexity index is 1150. The van der Waals surface area contributed by atoms with Gasteiger partial charge in [0.1, 0.15) is 11.5 Å². The van der Waals surface area contributed by atoms with Crippen molar-refractivity contribution in [2.75, 3.05) is 6.54 Å². The first-order valence-corrected chi connectivity index (χ1v) is 12.0. The largest absolute Gasteiger partial charge is 0.441 e. The highest BCUT2D eigenvalue weighted by molar-refractivity contribution is 7.90. The fourth-order valence-electron chi connectivity index (χ4n) is 3.03. The van der Waals surface area contributed by atoms with Gasteiger partial charge in [-0.05, 0) is 62.6 Å². The molecule has 1 heterocycles. The number of carbonyl (C=O) groups excluding carboxylic acids is 1. The van der Waals surface area contributed by atoms with Crippen LogP contribution in [-0.4, -0.2) is 25.9 Å². The van der Waals surface area contributed by atoms with E-state index in [2.05, 4.69) is 24.1 Å². The topological polar surface area (TPSA) is 89.3 Å². The Morgan fingerprint density at radius 3 is 2.29 bits per heavy atom. The van der Waals surface area contributed by atoms with Crippen molar-refractivity contribution in [2.24, 2.45) is 5.92 Å². The number of benzene rings is 2. The molecular weight excluding hydrogens is 412 g/mol. The van der Waals surface area contributed by atoms with Gasteiger partial charge in [0.15, 0.2) is 9.84 Å². The molecule has 0 aliphatic carbocycles. The summed E-state index contributed by atoms with van der Waals surface area (Å²) in [6.45, 7) is 8.47. The van der Waals surface area contributed by atoms with Crippen molar-refractivity contribution in [1.29, 1.82) is 0 Å². The number of nitrogens with zero attached hydrogens (tertiary/aromatic N) is 1. The van der Waals surface area contributed by atoms with Crippen LogP contribution in [0.1, 0.15) is 47.6 Å². The molecule has 0 aliphatic heterocycles. The molecule has 31 heavy (non-hydrogen) atoms. The lowest BCUT2D eigenvalue weighted by Crippen LogP contribution is -2.25. The molecule has 1 aromatic heterocycles. The van der Waals surface area contributed by atoms with E-state index in [0.717, 1.165) is 12.0 Å². The van der Waals surface area contributed by atoms with Gasteiger partial charge in [0.05, 0.1) is 10.6 Å². The highest BCUT2D eigenvalue weighted by Gasteiger charge is 2.21. The number of hydrogen-bond donors (Lipinski definition) is 1. The zero-order valence-electron chi connectivity index (χ0n) is 18.3. The van der Waals surface area contributed by atoms with E-state index in [0.29, 0.717) is 40.9 Å². The Labute approximate surface area is 183 Å². The average molecular weight is 441 g/mol. The number of nitrogens with one attached hydrogen (secondary N) is 1. The van der Waals surface area contributed by atoms with E-state index < -0.39 is 9.84 Å². The second kappa shape index (κ2) is 9.47. The zero-order chi connectivity index (χ0) is 22.6. The normalized spacial score (nSPS) is 11.6. The number of hydrogen-bond acceptors (Lipinski definition) is 5. The molecule has 7 heteroatoms. The third-order valence-electron chi connectivity index (χ3n) is 5.00. The van der Waals surface area contributed by atoms with Gasteiger partial charge in [-0.15, -0.1) is 0 Å². The van der Waals surface area contributed by atoms with Crippen LogP contribution in [0.5, 0.6) is 0 Å². The molecule has 0 fully saturated rings. The van der Waals surface area contributed by atoms with Crippen molar-refractivity contribution in [3.05, 3.63) is 71.1 Å². The van der Waals surface area contributed by atoms with E-state index in [1.54, 1.807) is 55.5 Å². The molecule has 0 atom stereocenters. The van der Waals surface area contributed by atoms with Crippen molar-refractivity contribution in [3.8, 4) is 11.5 Å². The molecule has 2 aromatic carbocycles. The van der Waals surface area contributed by atoms with Gasteiger partial charge in [-0.25, -0.2) is 13.4 Å². The van der Waals surface area contributed by atoms with Gasteiger partial charge in [-0.1, -0.05) is 31.5 Å². The van der Waals surface area contributed by atoms with Gasteiger partial charge in [-0.2, -0.15) is 0 Å². The molecular formula is C24H28N2O4S. The fourth-order valence-corrected chi connectivity index (χ4v) is 4.38. The predicted molar refractivity (Wildman–Crippen MR) is 121 cm³/mol. The van der Waals surface area contributed by atoms with Crippen LogP contribution < -0.4 is 5.32 Å². The standard InChI is InChI=1S/C24H28N2O4S/c1-16(2)13-14-25-23(27)19-7-9-20(10-8-19)24-26-22(18(4)30-24)15-31(28,29)21-11-5-17(3)6-12-21/h5-12,16H,13-15H2,1-4H3,(H,25,27). The Kier molecular flexibility index (Phi) is 6.95. The summed E-state index contributed by atoms with van der Waals surface area (Å²) in [5.41, 5.74) is 2.61. The van der Waals surface area contributed by atoms with Crippen molar-refractivity contribution in [3.63, 3.8) is 0 Å². The number of oxazole rings is 1. The van der Waals surface area contributed by atoms with Gasteiger partial charge in [0, 0.05) is 17.7 Å². The van der Waals surface area contributed by atoms with Crippen molar-refractivity contribution < 1.29 is 17.6 Å². The number of aryl methyl sites for hydroxylation is 2. The van der Waals surface area contributed by atoms with E-state index in [9.17, 15) is 13.2 Å². The van der Waals surface area contributed by atoms with Crippen LogP contribution in [0.15, 0.2) is 57.8 Å². The van der Waals surface area contributed by atoms with Crippen LogP contribution in [0.2, 0.25) is 0 Å². The quantitative estimate of drug-likeness (QED) is 0.548. The summed E-state index contributed by atoms with van der Waals surface area (Å²) in [6.07, 6.45) is 0.924. The van der Waals surface area contributed by atoms with Crippen LogP contribution >= 0.6 is 0 Å². The monoisotopic (exact) mass is 440 g/mol. The smallest absolute Gasteiger partial charge is 0.251 e. The molecule has 0 saturated heterocycles. The Morgan fingerprint density at radius 2 is 1.68 bits per heavy atom. The minimum atomic E-state index is -3.53. The Hall–Kier alpha value is -2.93. The number of amides is 1. The number of carbonyl (C=O) groups is 1. The molecule has 1 N–H and O–H groups in total. The highest BCUT2D eigenvalue weighted by Crippen LogP contribution is 2.25. The molecule has 0 spiro atoms. The van der Waals surface area contributed by atoms with Crippen molar-refractivity contribution >= 4 is 15.7 Å². The van der Waals surface area contributed by atoms with Crippen LogP contribution in [0.25, 0.3) is 11.5 Å². The minimum absolute atomic E-state index is 0.124. The van der Waals surface area contributed by atoms with Crippen LogP contribution in [0.3, 0.4) is 0 Å². The number of aromatic nitrogens is 1. The molecule has 0 radical (unpaired) electrons. The summed E-state index contributed by atoms with van der Waals surface area (Å²) < 4.78 is 31.2. The molecule has 3 rings (SSSR count). The van der Waals surface area contributed by atoms with Gasteiger partial charge in [-0.3, -0.25) is 4.79 Å². The molecule has 3 aromatic rings. The van der Waals surface area contributed by atoms with Gasteiger partial charge < -0.3 is 9.73 Å². The summed E-state index contributed by atoms with van der Waals surface area (Å²) in [6, 6.07) is 13.7. The third kappa shape index (κ3) is 5.82. The average Bonchev–Trinajstić information content (AvgIpc) is 3.07. The van der Waals surface area contributed by atoms with Crippen LogP contribution in [0, 0.1) is 19.8 Å². The van der Waals surface area contributed by atoms with E-state index in [1.165, 1.54) is 0 Å². The van der Waals surface area contributed by atoms with Crippen LogP contribution in [0.4, 0.5) is 0 Å². The third-order valence-corrected chi connectivity index (χ3v) is 6.64. The lowest BCUT2D eigenvalue weighted by atomic mass is 10.1. The zero-order valence-corrected chi connectivity index (χ0v) is 19.1. The summed E-state index contributed by atoms with van der Waals surface area (Å²) >= 11 is 0. The molecule has 0 bridgehead atoms.